The van der Waals surface area contributed by atoms with Crippen molar-refractivity contribution in [1.82, 2.24) is 20.9 Å². The molecular weight excluding hydrogens is 741 g/mol. The Bertz CT molecular complexity index is 2100. The first-order valence-corrected chi connectivity index (χ1v) is 18.6. The lowest BCUT2D eigenvalue weighted by Crippen LogP contribution is -2.44. The van der Waals surface area contributed by atoms with Crippen molar-refractivity contribution in [2.75, 3.05) is 20.1 Å². The number of amides is 3. The maximum Gasteiger partial charge on any atom is 0.335 e. The van der Waals surface area contributed by atoms with E-state index in [0.717, 1.165) is 24.1 Å². The number of nitrogens with zero attached hydrogens (tertiary/aromatic N) is 1. The zero-order valence-electron chi connectivity index (χ0n) is 27.7. The molecule has 7 rings (SSSR count). The zero-order chi connectivity index (χ0) is 36.8. The fourth-order valence-electron chi connectivity index (χ4n) is 5.55. The van der Waals surface area contributed by atoms with E-state index in [2.05, 4.69) is 27.9 Å². The second-order valence-electron chi connectivity index (χ2n) is 11.9. The molecule has 2 aromatic heterocycles. The number of hydrogen-bond acceptors (Lipinski definition) is 11. The number of thiocarbonyl (C=S) groups is 2. The third-order valence-electron chi connectivity index (χ3n) is 8.35. The van der Waals surface area contributed by atoms with Crippen molar-refractivity contribution < 1.29 is 33.1 Å². The Morgan fingerprint density at radius 2 is 1.31 bits per heavy atom. The molecule has 3 aliphatic rings. The molecule has 3 saturated heterocycles. The Morgan fingerprint density at radius 3 is 1.75 bits per heavy atom. The van der Waals surface area contributed by atoms with Gasteiger partial charge in [-0.25, -0.2) is 4.79 Å². The summed E-state index contributed by atoms with van der Waals surface area (Å²) in [7, 11) is 2.12. The first kappa shape index (κ1) is 37.0. The average Bonchev–Trinajstić information content (AvgIpc) is 3.93. The molecule has 5 heterocycles. The lowest BCUT2D eigenvalue weighted by Gasteiger charge is -2.32. The Balaban J connectivity index is 0.000000187. The lowest BCUT2D eigenvalue weighted by atomic mass is 10.0. The summed E-state index contributed by atoms with van der Waals surface area (Å²) in [6.07, 6.45) is 6.87. The van der Waals surface area contributed by atoms with Crippen molar-refractivity contribution in [3.05, 3.63) is 105 Å². The number of carbonyl (C=O) groups excluding carboxylic acids is 3. The molecule has 0 saturated carbocycles. The molecule has 266 valence electrons. The molecule has 0 spiro atoms. The number of carboxylic acid groups (broad SMARTS) is 1. The molecule has 4 aromatic rings. The van der Waals surface area contributed by atoms with Crippen LogP contribution in [0.3, 0.4) is 0 Å². The predicted octanol–water partition coefficient (Wildman–Crippen LogP) is 6.78. The summed E-state index contributed by atoms with van der Waals surface area (Å²) in [4.78, 5) is 50.0. The van der Waals surface area contributed by atoms with E-state index in [1.54, 1.807) is 54.6 Å². The minimum Gasteiger partial charge on any atom is -0.478 e. The molecule has 52 heavy (non-hydrogen) atoms. The number of piperidine rings is 1. The predicted molar refractivity (Wildman–Crippen MR) is 210 cm³/mol. The number of furan rings is 2. The summed E-state index contributed by atoms with van der Waals surface area (Å²) >= 11 is 12.3. The Kier molecular flexibility index (Phi) is 11.9. The minimum atomic E-state index is -0.975. The number of rotatable bonds is 8. The smallest absolute Gasteiger partial charge is 0.335 e. The van der Waals surface area contributed by atoms with E-state index in [9.17, 15) is 19.2 Å². The Hall–Kier alpha value is -4.80. The van der Waals surface area contributed by atoms with Crippen LogP contribution in [-0.2, 0) is 9.59 Å². The van der Waals surface area contributed by atoms with Crippen molar-refractivity contribution in [2.24, 2.45) is 0 Å². The second kappa shape index (κ2) is 16.7. The van der Waals surface area contributed by atoms with Crippen LogP contribution in [0.25, 0.3) is 34.8 Å². The fraction of sp³-hybridized carbons (Fsp3) is 0.189. The van der Waals surface area contributed by atoms with Crippen LogP contribution in [0, 0.1) is 0 Å². The number of likely N-dealkylation sites (tertiary alicyclic amines) is 1. The molecule has 1 atom stereocenters. The molecule has 4 N–H and O–H groups in total. The number of benzene rings is 2. The van der Waals surface area contributed by atoms with Gasteiger partial charge < -0.3 is 34.8 Å². The first-order valence-electron chi connectivity index (χ1n) is 16.1. The highest BCUT2D eigenvalue weighted by molar-refractivity contribution is 8.27. The fourth-order valence-corrected chi connectivity index (χ4v) is 7.60. The van der Waals surface area contributed by atoms with Gasteiger partial charge in [-0.1, -0.05) is 78.6 Å². The van der Waals surface area contributed by atoms with Crippen LogP contribution in [0.2, 0.25) is 0 Å². The van der Waals surface area contributed by atoms with Crippen molar-refractivity contribution in [2.45, 2.75) is 25.3 Å². The van der Waals surface area contributed by atoms with Crippen LogP contribution in [0.1, 0.15) is 51.5 Å². The average molecular weight is 773 g/mol. The summed E-state index contributed by atoms with van der Waals surface area (Å²) in [6.45, 7) is 1.76. The maximum atomic E-state index is 12.5. The second-order valence-corrected chi connectivity index (χ2v) is 15.3. The van der Waals surface area contributed by atoms with Gasteiger partial charge in [0.25, 0.3) is 17.7 Å². The number of carboxylic acids is 1. The molecule has 1 unspecified atom stereocenters. The topological polar surface area (TPSA) is 154 Å². The largest absolute Gasteiger partial charge is 0.478 e. The normalized spacial score (nSPS) is 19.0. The molecule has 11 nitrogen and oxygen atoms in total. The number of hydrogen-bond donors (Lipinski definition) is 4. The van der Waals surface area contributed by atoms with E-state index in [4.69, 9.17) is 38.4 Å². The van der Waals surface area contributed by atoms with Gasteiger partial charge in [-0.2, -0.15) is 0 Å². The molecule has 0 bridgehead atoms. The van der Waals surface area contributed by atoms with Crippen LogP contribution < -0.4 is 16.0 Å². The highest BCUT2D eigenvalue weighted by Gasteiger charge is 2.24. The SMILES string of the molecule is CN1CCCCC1CNC(=O)c1ccc(-c2ccc(/C=C3\SC(=S)NC3=O)o2)cc1.O=C1NC(=S)S/C1=C\c1ccc(-c2ccc(C(=O)O)cc2)o1. The molecule has 3 aliphatic heterocycles. The van der Waals surface area contributed by atoms with E-state index < -0.39 is 5.97 Å². The van der Waals surface area contributed by atoms with Crippen LogP contribution in [0.15, 0.2) is 91.4 Å². The van der Waals surface area contributed by atoms with Crippen LogP contribution in [-0.4, -0.2) is 68.5 Å². The standard InChI is InChI=1S/C22H23N3O3S2.C15H9NO4S2/c1-25-11-3-2-4-16(25)13-23-20(26)15-7-5-14(6-8-15)18-10-9-17(28-18)12-19-21(27)24-22(29)30-19;17-13-12(22-15(21)16-13)7-10-5-6-11(20-10)8-1-3-9(4-2-8)14(18)19/h5-10,12,16H,2-4,11,13H2,1H3,(H,23,26)(H,24,27,29);1-7H,(H,18,19)(H,16,17,21)/b19-12-;12-7-. The quantitative estimate of drug-likeness (QED) is 0.110. The number of carbonyl (C=O) groups is 4. The Morgan fingerprint density at radius 1 is 0.808 bits per heavy atom. The van der Waals surface area contributed by atoms with Gasteiger partial charge in [-0.3, -0.25) is 14.4 Å². The molecule has 3 fully saturated rings. The summed E-state index contributed by atoms with van der Waals surface area (Å²) in [5.41, 5.74) is 2.46. The van der Waals surface area contributed by atoms with E-state index in [1.807, 2.05) is 18.2 Å². The number of nitrogens with one attached hydrogen (secondary N) is 3. The third-order valence-corrected chi connectivity index (χ3v) is 10.7. The highest BCUT2D eigenvalue weighted by Crippen LogP contribution is 2.30. The maximum absolute atomic E-state index is 12.5. The highest BCUT2D eigenvalue weighted by atomic mass is 32.2. The van der Waals surface area contributed by atoms with Gasteiger partial charge in [0.2, 0.25) is 0 Å². The van der Waals surface area contributed by atoms with E-state index in [-0.39, 0.29) is 23.3 Å². The van der Waals surface area contributed by atoms with Crippen LogP contribution >= 0.6 is 48.0 Å². The van der Waals surface area contributed by atoms with Crippen LogP contribution in [0.5, 0.6) is 0 Å². The van der Waals surface area contributed by atoms with E-state index in [1.165, 1.54) is 48.5 Å². The van der Waals surface area contributed by atoms with Gasteiger partial charge in [0.05, 0.1) is 15.4 Å². The molecule has 3 amide bonds. The van der Waals surface area contributed by atoms with Gasteiger partial charge in [0.15, 0.2) is 0 Å². The number of likely N-dealkylation sites (N-methyl/N-ethyl adjacent to an activating group) is 1. The molecule has 2 aromatic carbocycles. The molecular formula is C37H32N4O7S4. The molecule has 15 heteroatoms. The van der Waals surface area contributed by atoms with Gasteiger partial charge in [0.1, 0.15) is 31.7 Å². The number of thioether (sulfide) groups is 2. The van der Waals surface area contributed by atoms with Crippen molar-refractivity contribution in [3.8, 4) is 22.6 Å². The van der Waals surface area contributed by atoms with E-state index >= 15 is 0 Å². The summed E-state index contributed by atoms with van der Waals surface area (Å²) in [5.74, 6) is 0.877. The molecule has 0 radical (unpaired) electrons. The first-order chi connectivity index (χ1) is 25.0. The van der Waals surface area contributed by atoms with Gasteiger partial charge in [-0.05, 0) is 75.0 Å². The molecule has 0 aliphatic carbocycles. The summed E-state index contributed by atoms with van der Waals surface area (Å²) < 4.78 is 12.4. The van der Waals surface area contributed by atoms with Gasteiger partial charge in [0, 0.05) is 41.4 Å². The van der Waals surface area contributed by atoms with Gasteiger partial charge in [-0.15, -0.1) is 0 Å². The van der Waals surface area contributed by atoms with Crippen molar-refractivity contribution in [3.63, 3.8) is 0 Å². The summed E-state index contributed by atoms with van der Waals surface area (Å²) in [6, 6.07) is 21.3. The zero-order valence-corrected chi connectivity index (χ0v) is 30.9. The van der Waals surface area contributed by atoms with E-state index in [0.29, 0.717) is 59.6 Å². The van der Waals surface area contributed by atoms with Gasteiger partial charge >= 0.3 is 5.97 Å². The minimum absolute atomic E-state index is 0.0642. The number of aromatic carboxylic acids is 1. The third kappa shape index (κ3) is 9.35. The van der Waals surface area contributed by atoms with Crippen molar-refractivity contribution >= 4 is 92.4 Å². The monoisotopic (exact) mass is 772 g/mol. The van der Waals surface area contributed by atoms with Crippen molar-refractivity contribution in [1.29, 1.82) is 0 Å². The summed E-state index contributed by atoms with van der Waals surface area (Å²) in [5, 5.41) is 17.0. The lowest BCUT2D eigenvalue weighted by molar-refractivity contribution is -0.116. The Labute approximate surface area is 318 Å². The van der Waals surface area contributed by atoms with Crippen LogP contribution in [0.4, 0.5) is 0 Å².